The molecule has 0 spiro atoms. The molecule has 2 N–H and O–H groups in total. The molecule has 0 fully saturated rings. The van der Waals surface area contributed by atoms with Gasteiger partial charge in [-0.25, -0.2) is 4.99 Å². The Hall–Kier alpha value is -0.558. The van der Waals surface area contributed by atoms with Gasteiger partial charge in [0.1, 0.15) is 5.82 Å². The minimum absolute atomic E-state index is 0. The largest absolute Gasteiger partial charge is 0.384 e. The van der Waals surface area contributed by atoms with Crippen molar-refractivity contribution in [3.8, 4) is 0 Å². The average molecular weight is 643 g/mol. The average Bonchev–Trinajstić information content (AvgIpc) is 2.87. The van der Waals surface area contributed by atoms with Gasteiger partial charge in [-0.1, -0.05) is 73.1 Å². The summed E-state index contributed by atoms with van der Waals surface area (Å²) in [5, 5.41) is 0.658. The van der Waals surface area contributed by atoms with Gasteiger partial charge in [0.2, 0.25) is 0 Å². The number of hydrogen-bond donors (Lipinski definition) is 1. The maximum absolute atomic E-state index is 5.81. The van der Waals surface area contributed by atoms with Gasteiger partial charge in [0, 0.05) is 42.5 Å². The van der Waals surface area contributed by atoms with E-state index in [4.69, 9.17) is 17.3 Å². The number of benzene rings is 1. The van der Waals surface area contributed by atoms with Crippen LogP contribution in [0.3, 0.4) is 0 Å². The molecule has 0 aliphatic carbocycles. The van der Waals surface area contributed by atoms with Gasteiger partial charge >= 0.3 is 0 Å². The van der Waals surface area contributed by atoms with Crippen molar-refractivity contribution in [3.05, 3.63) is 46.7 Å². The Kier molecular flexibility index (Phi) is 20.5. The standard InChI is InChI=1S/C12H11ClN3.C10H22.C2H6.U/c1-8-12(15-7-6-11(14)16-8)9-2-4-10(13)5-3-9;1-4-6-7-8-9-10(3)5-2;1-2;/h2,4-6H,7,14H2,1H3;10H,4-9H2,1-3H3;1-2H3;/q-1;;;/t;10-;;/m.1../s1. The fourth-order valence-electron chi connectivity index (χ4n) is 2.59. The molecule has 2 rings (SSSR count). The Balaban J connectivity index is 0. The van der Waals surface area contributed by atoms with Crippen LogP contribution in [-0.2, 0) is 0 Å². The quantitative estimate of drug-likeness (QED) is 0.248. The maximum Gasteiger partial charge on any atom is 0.120 e. The van der Waals surface area contributed by atoms with E-state index >= 15 is 0 Å². The Bertz CT molecular complexity index is 622. The molecule has 29 heavy (non-hydrogen) atoms. The summed E-state index contributed by atoms with van der Waals surface area (Å²) in [6, 6.07) is 8.48. The molecule has 0 bridgehead atoms. The normalized spacial score (nSPS) is 13.7. The van der Waals surface area contributed by atoms with Crippen molar-refractivity contribution in [2.45, 2.75) is 80.1 Å². The van der Waals surface area contributed by atoms with Gasteiger partial charge < -0.3 is 10.7 Å². The fraction of sp³-hybridized carbons (Fsp3) is 0.583. The Morgan fingerprint density at radius 3 is 2.41 bits per heavy atom. The smallest absolute Gasteiger partial charge is 0.120 e. The van der Waals surface area contributed by atoms with Gasteiger partial charge in [-0.05, 0) is 23.9 Å². The van der Waals surface area contributed by atoms with Crippen LogP contribution >= 0.6 is 11.6 Å². The Morgan fingerprint density at radius 2 is 1.86 bits per heavy atom. The molecule has 5 heteroatoms. The molecule has 162 valence electrons. The van der Waals surface area contributed by atoms with E-state index in [1.807, 2.05) is 32.9 Å². The van der Waals surface area contributed by atoms with Crippen molar-refractivity contribution < 1.29 is 31.1 Å². The maximum atomic E-state index is 5.81. The van der Waals surface area contributed by atoms with Crippen LogP contribution in [0.1, 0.15) is 85.6 Å². The zero-order valence-electron chi connectivity index (χ0n) is 19.2. The molecule has 1 aromatic rings. The van der Waals surface area contributed by atoms with Crippen molar-refractivity contribution >= 4 is 23.0 Å². The summed E-state index contributed by atoms with van der Waals surface area (Å²) in [5.41, 5.74) is 8.15. The number of unbranched alkanes of at least 4 members (excludes halogenated alkanes) is 3. The Morgan fingerprint density at radius 1 is 1.17 bits per heavy atom. The molecule has 0 aromatic heterocycles. The van der Waals surface area contributed by atoms with Crippen LogP contribution in [0.25, 0.3) is 0 Å². The molecule has 0 amide bonds. The second-order valence-corrected chi connectivity index (χ2v) is 7.24. The van der Waals surface area contributed by atoms with Crippen molar-refractivity contribution in [1.82, 2.24) is 0 Å². The second-order valence-electron chi connectivity index (χ2n) is 6.80. The topological polar surface area (TPSA) is 50.7 Å². The summed E-state index contributed by atoms with van der Waals surface area (Å²) < 4.78 is 0. The summed E-state index contributed by atoms with van der Waals surface area (Å²) in [5.74, 6) is 1.46. The summed E-state index contributed by atoms with van der Waals surface area (Å²) in [7, 11) is 0. The zero-order valence-corrected chi connectivity index (χ0v) is 24.1. The third-order valence-electron chi connectivity index (χ3n) is 4.47. The summed E-state index contributed by atoms with van der Waals surface area (Å²) in [6.45, 7) is 13.3. The van der Waals surface area contributed by atoms with Gasteiger partial charge in [0.15, 0.2) is 0 Å². The predicted octanol–water partition coefficient (Wildman–Crippen LogP) is 7.23. The first kappa shape index (κ1) is 30.6. The molecule has 1 atom stereocenters. The number of halogens is 1. The van der Waals surface area contributed by atoms with Crippen molar-refractivity contribution in [3.63, 3.8) is 0 Å². The van der Waals surface area contributed by atoms with Crippen molar-refractivity contribution in [2.24, 2.45) is 21.6 Å². The first-order valence-electron chi connectivity index (χ1n) is 10.7. The fourth-order valence-corrected chi connectivity index (χ4v) is 2.71. The van der Waals surface area contributed by atoms with Crippen LogP contribution in [0.15, 0.2) is 40.1 Å². The molecule has 1 aromatic carbocycles. The van der Waals surface area contributed by atoms with Crippen molar-refractivity contribution in [1.29, 1.82) is 0 Å². The van der Waals surface area contributed by atoms with Crippen LogP contribution in [-0.4, -0.2) is 18.0 Å². The van der Waals surface area contributed by atoms with E-state index in [0.29, 0.717) is 17.4 Å². The van der Waals surface area contributed by atoms with Gasteiger partial charge in [-0.2, -0.15) is 0 Å². The van der Waals surface area contributed by atoms with Crippen molar-refractivity contribution in [2.75, 3.05) is 6.54 Å². The van der Waals surface area contributed by atoms with Gasteiger partial charge in [-0.3, -0.25) is 0 Å². The van der Waals surface area contributed by atoms with E-state index in [1.54, 1.807) is 12.1 Å². The van der Waals surface area contributed by atoms with E-state index in [-0.39, 0.29) is 31.1 Å². The van der Waals surface area contributed by atoms with Crippen LogP contribution in [0, 0.1) is 43.1 Å². The summed E-state index contributed by atoms with van der Waals surface area (Å²) >= 11 is 5.81. The number of nitrogens with zero attached hydrogens (tertiary/aromatic N) is 2. The molecule has 1 aliphatic heterocycles. The molecule has 0 radical (unpaired) electrons. The molecule has 0 saturated carbocycles. The first-order valence-corrected chi connectivity index (χ1v) is 11.1. The minimum Gasteiger partial charge on any atom is -0.384 e. The van der Waals surface area contributed by atoms with Crippen LogP contribution in [0.4, 0.5) is 0 Å². The molecule has 3 nitrogen and oxygen atoms in total. The number of aliphatic imine (C=N–C) groups is 2. The molecule has 0 saturated heterocycles. The van der Waals surface area contributed by atoms with E-state index in [1.165, 1.54) is 38.5 Å². The van der Waals surface area contributed by atoms with E-state index in [9.17, 15) is 0 Å². The monoisotopic (exact) mass is 642 g/mol. The second kappa shape index (κ2) is 19.4. The van der Waals surface area contributed by atoms with E-state index < -0.39 is 0 Å². The molecule has 1 aliphatic rings. The van der Waals surface area contributed by atoms with E-state index in [2.05, 4.69) is 36.8 Å². The molecule has 0 unspecified atom stereocenters. The SMILES string of the molecule is CC.CC1=NC(N)=CCN=C1c1[c-]cc(Cl)cc1.CCCCCC[C@H](C)CC.[U]. The van der Waals surface area contributed by atoms with Crippen LogP contribution < -0.4 is 5.73 Å². The summed E-state index contributed by atoms with van der Waals surface area (Å²) in [6.07, 6.45) is 10.3. The minimum atomic E-state index is 0. The first-order chi connectivity index (χ1) is 13.5. The molecule has 1 heterocycles. The van der Waals surface area contributed by atoms with Crippen LogP contribution in [0.2, 0.25) is 5.02 Å². The zero-order chi connectivity index (χ0) is 21.4. The molecular weight excluding hydrogens is 604 g/mol. The predicted molar refractivity (Wildman–Crippen MR) is 127 cm³/mol. The molecular formula is C24H39ClN3U-. The number of hydrogen-bond acceptors (Lipinski definition) is 3. The Labute approximate surface area is 208 Å². The number of rotatable bonds is 7. The van der Waals surface area contributed by atoms with E-state index in [0.717, 1.165) is 22.9 Å². The van der Waals surface area contributed by atoms with Gasteiger partial charge in [-0.15, -0.1) is 41.4 Å². The number of nitrogens with two attached hydrogens (primary N) is 1. The third kappa shape index (κ3) is 14.1. The van der Waals surface area contributed by atoms with Crippen LogP contribution in [0.5, 0.6) is 0 Å². The third-order valence-corrected chi connectivity index (χ3v) is 4.70. The summed E-state index contributed by atoms with van der Waals surface area (Å²) in [4.78, 5) is 8.64. The van der Waals surface area contributed by atoms with Gasteiger partial charge in [0.25, 0.3) is 0 Å². The van der Waals surface area contributed by atoms with Gasteiger partial charge in [0.05, 0.1) is 6.54 Å².